The summed E-state index contributed by atoms with van der Waals surface area (Å²) in [5.74, 6) is -1.11. The molecular weight excluding hydrogens is 264 g/mol. The topological polar surface area (TPSA) is 54.4 Å². The van der Waals surface area contributed by atoms with Gasteiger partial charge in [0.25, 0.3) is 0 Å². The Morgan fingerprint density at radius 1 is 0.905 bits per heavy atom. The molecule has 2 rings (SSSR count). The van der Waals surface area contributed by atoms with Crippen molar-refractivity contribution in [3.8, 4) is 11.1 Å². The summed E-state index contributed by atoms with van der Waals surface area (Å²) in [4.78, 5) is 23.2. The highest BCUT2D eigenvalue weighted by Gasteiger charge is 2.30. The molecular formula is C18H18O3. The third-order valence-electron chi connectivity index (χ3n) is 3.50. The lowest BCUT2D eigenvalue weighted by Crippen LogP contribution is -2.26. The van der Waals surface area contributed by atoms with E-state index >= 15 is 0 Å². The van der Waals surface area contributed by atoms with E-state index < -0.39 is 11.4 Å². The number of aliphatic carboxylic acids is 1. The summed E-state index contributed by atoms with van der Waals surface area (Å²) in [6.45, 7) is 3.12. The highest BCUT2D eigenvalue weighted by molar-refractivity contribution is 5.99. The summed E-state index contributed by atoms with van der Waals surface area (Å²) in [6.07, 6.45) is -0.00693. The second kappa shape index (κ2) is 5.92. The van der Waals surface area contributed by atoms with E-state index in [0.717, 1.165) is 11.1 Å². The van der Waals surface area contributed by atoms with Crippen molar-refractivity contribution in [3.63, 3.8) is 0 Å². The molecule has 3 heteroatoms. The molecule has 0 atom stereocenters. The Labute approximate surface area is 124 Å². The van der Waals surface area contributed by atoms with Gasteiger partial charge in [0.15, 0.2) is 5.78 Å². The van der Waals surface area contributed by atoms with Crippen LogP contribution >= 0.6 is 0 Å². The van der Waals surface area contributed by atoms with Crippen molar-refractivity contribution >= 4 is 11.8 Å². The second-order valence-corrected chi connectivity index (χ2v) is 5.73. The number of benzene rings is 2. The monoisotopic (exact) mass is 282 g/mol. The lowest BCUT2D eigenvalue weighted by molar-refractivity contribution is -0.146. The van der Waals surface area contributed by atoms with E-state index in [1.807, 2.05) is 42.5 Å². The van der Waals surface area contributed by atoms with Gasteiger partial charge in [-0.25, -0.2) is 0 Å². The van der Waals surface area contributed by atoms with E-state index in [1.165, 1.54) is 0 Å². The summed E-state index contributed by atoms with van der Waals surface area (Å²) in [7, 11) is 0. The van der Waals surface area contributed by atoms with Crippen LogP contribution in [0.2, 0.25) is 0 Å². The highest BCUT2D eigenvalue weighted by atomic mass is 16.4. The van der Waals surface area contributed by atoms with Gasteiger partial charge in [-0.15, -0.1) is 0 Å². The summed E-state index contributed by atoms with van der Waals surface area (Å²) < 4.78 is 0. The standard InChI is InChI=1S/C18H18O3/c1-18(2,17(20)21)12-16(19)15-10-8-14(9-11-15)13-6-4-3-5-7-13/h3-11H,12H2,1-2H3,(H,20,21). The van der Waals surface area contributed by atoms with Crippen LogP contribution in [0.3, 0.4) is 0 Å². The van der Waals surface area contributed by atoms with Crippen molar-refractivity contribution in [2.24, 2.45) is 5.41 Å². The van der Waals surface area contributed by atoms with E-state index in [2.05, 4.69) is 0 Å². The quantitative estimate of drug-likeness (QED) is 0.842. The fourth-order valence-corrected chi connectivity index (χ4v) is 2.06. The zero-order valence-corrected chi connectivity index (χ0v) is 12.2. The predicted octanol–water partition coefficient (Wildman–Crippen LogP) is 4.04. The van der Waals surface area contributed by atoms with Crippen LogP contribution in [0.1, 0.15) is 30.6 Å². The van der Waals surface area contributed by atoms with E-state index in [1.54, 1.807) is 26.0 Å². The van der Waals surface area contributed by atoms with Crippen LogP contribution in [-0.2, 0) is 4.79 Å². The molecule has 0 fully saturated rings. The van der Waals surface area contributed by atoms with Crippen molar-refractivity contribution in [3.05, 3.63) is 60.2 Å². The van der Waals surface area contributed by atoms with Crippen LogP contribution in [-0.4, -0.2) is 16.9 Å². The summed E-state index contributed by atoms with van der Waals surface area (Å²) >= 11 is 0. The Bertz CT molecular complexity index is 640. The summed E-state index contributed by atoms with van der Waals surface area (Å²) in [5.41, 5.74) is 1.62. The average Bonchev–Trinajstić information content (AvgIpc) is 2.48. The number of rotatable bonds is 5. The third-order valence-corrected chi connectivity index (χ3v) is 3.50. The van der Waals surface area contributed by atoms with Crippen molar-refractivity contribution in [2.45, 2.75) is 20.3 Å². The number of carboxylic acid groups (broad SMARTS) is 1. The smallest absolute Gasteiger partial charge is 0.309 e. The van der Waals surface area contributed by atoms with Gasteiger partial charge in [0.2, 0.25) is 0 Å². The number of hydrogen-bond acceptors (Lipinski definition) is 2. The predicted molar refractivity (Wildman–Crippen MR) is 82.2 cm³/mol. The van der Waals surface area contributed by atoms with Gasteiger partial charge in [-0.3, -0.25) is 9.59 Å². The maximum absolute atomic E-state index is 12.1. The van der Waals surface area contributed by atoms with E-state index in [0.29, 0.717) is 5.56 Å². The molecule has 1 N–H and O–H groups in total. The molecule has 0 spiro atoms. The first-order chi connectivity index (χ1) is 9.90. The SMILES string of the molecule is CC(C)(CC(=O)c1ccc(-c2ccccc2)cc1)C(=O)O. The molecule has 0 aromatic heterocycles. The Hall–Kier alpha value is -2.42. The molecule has 0 radical (unpaired) electrons. The number of carbonyl (C=O) groups excluding carboxylic acids is 1. The zero-order chi connectivity index (χ0) is 15.5. The van der Waals surface area contributed by atoms with Crippen molar-refractivity contribution in [1.82, 2.24) is 0 Å². The summed E-state index contributed by atoms with van der Waals surface area (Å²) in [6, 6.07) is 17.2. The Kier molecular flexibility index (Phi) is 4.22. The Morgan fingerprint density at radius 3 is 1.95 bits per heavy atom. The minimum Gasteiger partial charge on any atom is -0.481 e. The molecule has 0 aliphatic heterocycles. The maximum atomic E-state index is 12.1. The number of carboxylic acids is 1. The second-order valence-electron chi connectivity index (χ2n) is 5.73. The number of carbonyl (C=O) groups is 2. The molecule has 0 saturated carbocycles. The van der Waals surface area contributed by atoms with Gasteiger partial charge in [-0.05, 0) is 25.0 Å². The maximum Gasteiger partial charge on any atom is 0.309 e. The van der Waals surface area contributed by atoms with Gasteiger partial charge >= 0.3 is 5.97 Å². The van der Waals surface area contributed by atoms with E-state index in [9.17, 15) is 9.59 Å². The molecule has 3 nitrogen and oxygen atoms in total. The number of hydrogen-bond donors (Lipinski definition) is 1. The Morgan fingerprint density at radius 2 is 1.43 bits per heavy atom. The van der Waals surface area contributed by atoms with Crippen LogP contribution in [0, 0.1) is 5.41 Å². The van der Waals surface area contributed by atoms with Crippen molar-refractivity contribution in [1.29, 1.82) is 0 Å². The molecule has 2 aromatic carbocycles. The highest BCUT2D eigenvalue weighted by Crippen LogP contribution is 2.25. The summed E-state index contributed by atoms with van der Waals surface area (Å²) in [5, 5.41) is 9.08. The third kappa shape index (κ3) is 3.57. The minimum atomic E-state index is -1.05. The fourth-order valence-electron chi connectivity index (χ4n) is 2.06. The van der Waals surface area contributed by atoms with E-state index in [-0.39, 0.29) is 12.2 Å². The van der Waals surface area contributed by atoms with Crippen molar-refractivity contribution in [2.75, 3.05) is 0 Å². The zero-order valence-electron chi connectivity index (χ0n) is 12.2. The fraction of sp³-hybridized carbons (Fsp3) is 0.222. The molecule has 0 saturated heterocycles. The van der Waals surface area contributed by atoms with Crippen LogP contribution in [0.25, 0.3) is 11.1 Å². The first-order valence-electron chi connectivity index (χ1n) is 6.82. The molecule has 0 aliphatic carbocycles. The molecule has 21 heavy (non-hydrogen) atoms. The van der Waals surface area contributed by atoms with Crippen LogP contribution in [0.5, 0.6) is 0 Å². The largest absolute Gasteiger partial charge is 0.481 e. The van der Waals surface area contributed by atoms with Gasteiger partial charge in [-0.2, -0.15) is 0 Å². The minimum absolute atomic E-state index is 0.00693. The van der Waals surface area contributed by atoms with Crippen molar-refractivity contribution < 1.29 is 14.7 Å². The first kappa shape index (κ1) is 15.0. The lowest BCUT2D eigenvalue weighted by Gasteiger charge is -2.17. The van der Waals surface area contributed by atoms with Gasteiger partial charge < -0.3 is 5.11 Å². The molecule has 0 amide bonds. The van der Waals surface area contributed by atoms with Crippen LogP contribution < -0.4 is 0 Å². The van der Waals surface area contributed by atoms with E-state index in [4.69, 9.17) is 5.11 Å². The lowest BCUT2D eigenvalue weighted by atomic mass is 9.85. The normalized spacial score (nSPS) is 11.1. The number of Topliss-reactive ketones (excluding diaryl/α,β-unsaturated/α-hetero) is 1. The Balaban J connectivity index is 2.16. The molecule has 0 heterocycles. The van der Waals surface area contributed by atoms with Crippen LogP contribution in [0.15, 0.2) is 54.6 Å². The van der Waals surface area contributed by atoms with Gasteiger partial charge in [0.1, 0.15) is 0 Å². The van der Waals surface area contributed by atoms with Gasteiger partial charge in [0.05, 0.1) is 5.41 Å². The van der Waals surface area contributed by atoms with Gasteiger partial charge in [-0.1, -0.05) is 54.6 Å². The first-order valence-corrected chi connectivity index (χ1v) is 6.82. The van der Waals surface area contributed by atoms with Crippen LogP contribution in [0.4, 0.5) is 0 Å². The number of ketones is 1. The van der Waals surface area contributed by atoms with Gasteiger partial charge in [0, 0.05) is 12.0 Å². The molecule has 0 bridgehead atoms. The molecule has 0 aliphatic rings. The molecule has 0 unspecified atom stereocenters. The average molecular weight is 282 g/mol. The molecule has 2 aromatic rings. The molecule has 108 valence electrons.